The zero-order valence-corrected chi connectivity index (χ0v) is 9.00. The number of hydrogen-bond donors (Lipinski definition) is 1. The molecular formula is C12H15NO3. The minimum atomic E-state index is -0.895. The van der Waals surface area contributed by atoms with Crippen LogP contribution in [0, 0.1) is 0 Å². The van der Waals surface area contributed by atoms with Gasteiger partial charge in [-0.1, -0.05) is 6.08 Å². The maximum Gasteiger partial charge on any atom is 0.328 e. The topological polar surface area (TPSA) is 53.7 Å². The van der Waals surface area contributed by atoms with Crippen molar-refractivity contribution in [2.75, 3.05) is 6.54 Å². The predicted octanol–water partition coefficient (Wildman–Crippen LogP) is 1.88. The summed E-state index contributed by atoms with van der Waals surface area (Å²) in [6, 6.07) is 4.40. The van der Waals surface area contributed by atoms with Gasteiger partial charge in [0, 0.05) is 18.7 Å². The SMILES string of the molecule is O=C(O)C=CCN(Cc1ccco1)C1CC1. The van der Waals surface area contributed by atoms with Crippen LogP contribution in [0.2, 0.25) is 0 Å². The number of carboxylic acid groups (broad SMARTS) is 1. The van der Waals surface area contributed by atoms with Crippen LogP contribution in [0.4, 0.5) is 0 Å². The van der Waals surface area contributed by atoms with Gasteiger partial charge in [0.1, 0.15) is 5.76 Å². The second kappa shape index (κ2) is 4.99. The van der Waals surface area contributed by atoms with Crippen LogP contribution in [-0.4, -0.2) is 28.6 Å². The number of nitrogens with zero attached hydrogens (tertiary/aromatic N) is 1. The van der Waals surface area contributed by atoms with E-state index in [-0.39, 0.29) is 0 Å². The average molecular weight is 221 g/mol. The lowest BCUT2D eigenvalue weighted by Gasteiger charge is -2.18. The van der Waals surface area contributed by atoms with E-state index in [1.165, 1.54) is 18.9 Å². The van der Waals surface area contributed by atoms with Crippen LogP contribution in [-0.2, 0) is 11.3 Å². The highest BCUT2D eigenvalue weighted by Gasteiger charge is 2.28. The molecule has 0 radical (unpaired) electrons. The Morgan fingerprint density at radius 1 is 1.62 bits per heavy atom. The lowest BCUT2D eigenvalue weighted by Crippen LogP contribution is -2.25. The molecule has 1 aliphatic rings. The van der Waals surface area contributed by atoms with Gasteiger partial charge in [0.2, 0.25) is 0 Å². The number of aliphatic carboxylic acids is 1. The molecule has 0 atom stereocenters. The van der Waals surface area contributed by atoms with Gasteiger partial charge in [0.05, 0.1) is 12.8 Å². The normalized spacial score (nSPS) is 16.1. The third-order valence-electron chi connectivity index (χ3n) is 2.60. The first-order valence-corrected chi connectivity index (χ1v) is 5.41. The van der Waals surface area contributed by atoms with E-state index < -0.39 is 5.97 Å². The summed E-state index contributed by atoms with van der Waals surface area (Å²) in [4.78, 5) is 12.6. The molecule has 1 aliphatic carbocycles. The number of furan rings is 1. The lowest BCUT2D eigenvalue weighted by atomic mass is 10.3. The second-order valence-electron chi connectivity index (χ2n) is 3.98. The largest absolute Gasteiger partial charge is 0.478 e. The molecule has 0 aliphatic heterocycles. The summed E-state index contributed by atoms with van der Waals surface area (Å²) in [5.74, 6) is 0.0318. The van der Waals surface area contributed by atoms with Crippen molar-refractivity contribution in [3.8, 4) is 0 Å². The first kappa shape index (κ1) is 11.0. The van der Waals surface area contributed by atoms with Crippen molar-refractivity contribution < 1.29 is 14.3 Å². The Morgan fingerprint density at radius 2 is 2.44 bits per heavy atom. The van der Waals surface area contributed by atoms with Crippen LogP contribution in [0.15, 0.2) is 35.0 Å². The van der Waals surface area contributed by atoms with Gasteiger partial charge in [-0.05, 0) is 25.0 Å². The smallest absolute Gasteiger partial charge is 0.328 e. The summed E-state index contributed by atoms with van der Waals surface area (Å²) in [5, 5.41) is 8.51. The zero-order chi connectivity index (χ0) is 11.4. The summed E-state index contributed by atoms with van der Waals surface area (Å²) < 4.78 is 5.29. The molecule has 4 heteroatoms. The fourth-order valence-corrected chi connectivity index (χ4v) is 1.67. The molecule has 0 bridgehead atoms. The van der Waals surface area contributed by atoms with Crippen LogP contribution in [0.3, 0.4) is 0 Å². The van der Waals surface area contributed by atoms with Gasteiger partial charge in [0.15, 0.2) is 0 Å². The average Bonchev–Trinajstić information content (AvgIpc) is 2.96. The number of rotatable bonds is 6. The summed E-state index contributed by atoms with van der Waals surface area (Å²) >= 11 is 0. The predicted molar refractivity (Wildman–Crippen MR) is 58.9 cm³/mol. The monoisotopic (exact) mass is 221 g/mol. The van der Waals surface area contributed by atoms with Gasteiger partial charge >= 0.3 is 5.97 Å². The Bertz CT molecular complexity index is 366. The van der Waals surface area contributed by atoms with Crippen LogP contribution in [0.1, 0.15) is 18.6 Å². The van der Waals surface area contributed by atoms with E-state index >= 15 is 0 Å². The molecule has 0 spiro atoms. The van der Waals surface area contributed by atoms with E-state index in [1.54, 1.807) is 12.3 Å². The highest BCUT2D eigenvalue weighted by atomic mass is 16.4. The molecule has 16 heavy (non-hydrogen) atoms. The third kappa shape index (κ3) is 3.24. The van der Waals surface area contributed by atoms with E-state index in [9.17, 15) is 4.79 Å². The Balaban J connectivity index is 1.87. The molecule has 1 fully saturated rings. The molecule has 1 heterocycles. The quantitative estimate of drug-likeness (QED) is 0.745. The fourth-order valence-electron chi connectivity index (χ4n) is 1.67. The molecule has 0 saturated heterocycles. The minimum Gasteiger partial charge on any atom is -0.478 e. The first-order valence-electron chi connectivity index (χ1n) is 5.41. The summed E-state index contributed by atoms with van der Waals surface area (Å²) in [6.45, 7) is 1.42. The molecule has 86 valence electrons. The van der Waals surface area contributed by atoms with Gasteiger partial charge in [-0.2, -0.15) is 0 Å². The molecule has 1 aromatic heterocycles. The van der Waals surface area contributed by atoms with Crippen LogP contribution in [0.25, 0.3) is 0 Å². The van der Waals surface area contributed by atoms with Crippen molar-refractivity contribution in [2.24, 2.45) is 0 Å². The van der Waals surface area contributed by atoms with Crippen molar-refractivity contribution >= 4 is 5.97 Å². The van der Waals surface area contributed by atoms with Gasteiger partial charge in [-0.15, -0.1) is 0 Å². The molecule has 1 N–H and O–H groups in total. The van der Waals surface area contributed by atoms with E-state index in [2.05, 4.69) is 4.90 Å². The highest BCUT2D eigenvalue weighted by molar-refractivity contribution is 5.79. The van der Waals surface area contributed by atoms with Gasteiger partial charge in [-0.3, -0.25) is 4.90 Å². The fraction of sp³-hybridized carbons (Fsp3) is 0.417. The number of carboxylic acids is 1. The van der Waals surface area contributed by atoms with E-state index in [1.807, 2.05) is 12.1 Å². The van der Waals surface area contributed by atoms with Gasteiger partial charge < -0.3 is 9.52 Å². The maximum absolute atomic E-state index is 10.4. The molecule has 0 amide bonds. The van der Waals surface area contributed by atoms with Gasteiger partial charge in [-0.25, -0.2) is 4.79 Å². The van der Waals surface area contributed by atoms with Crippen molar-refractivity contribution in [3.05, 3.63) is 36.3 Å². The van der Waals surface area contributed by atoms with E-state index in [0.29, 0.717) is 12.6 Å². The second-order valence-corrected chi connectivity index (χ2v) is 3.98. The Kier molecular flexibility index (Phi) is 3.41. The lowest BCUT2D eigenvalue weighted by molar-refractivity contribution is -0.131. The first-order chi connectivity index (χ1) is 7.75. The minimum absolute atomic E-state index is 0.587. The third-order valence-corrected chi connectivity index (χ3v) is 2.60. The molecular weight excluding hydrogens is 206 g/mol. The number of carbonyl (C=O) groups is 1. The van der Waals surface area contributed by atoms with E-state index in [4.69, 9.17) is 9.52 Å². The summed E-state index contributed by atoms with van der Waals surface area (Å²) in [7, 11) is 0. The van der Waals surface area contributed by atoms with Crippen LogP contribution < -0.4 is 0 Å². The molecule has 0 aromatic carbocycles. The van der Waals surface area contributed by atoms with E-state index in [0.717, 1.165) is 12.3 Å². The highest BCUT2D eigenvalue weighted by Crippen LogP contribution is 2.28. The van der Waals surface area contributed by atoms with Crippen molar-refractivity contribution in [2.45, 2.75) is 25.4 Å². The number of hydrogen-bond acceptors (Lipinski definition) is 3. The van der Waals surface area contributed by atoms with Crippen LogP contribution >= 0.6 is 0 Å². The van der Waals surface area contributed by atoms with Crippen molar-refractivity contribution in [3.63, 3.8) is 0 Å². The summed E-state index contributed by atoms with van der Waals surface area (Å²) in [6.07, 6.45) is 6.93. The Hall–Kier alpha value is -1.55. The molecule has 2 rings (SSSR count). The van der Waals surface area contributed by atoms with Gasteiger partial charge in [0.25, 0.3) is 0 Å². The molecule has 4 nitrogen and oxygen atoms in total. The van der Waals surface area contributed by atoms with Crippen LogP contribution in [0.5, 0.6) is 0 Å². The standard InChI is InChI=1S/C12H15NO3/c14-12(15)4-1-7-13(10-5-6-10)9-11-3-2-8-16-11/h1-4,8,10H,5-7,9H2,(H,14,15). The Labute approximate surface area is 94.2 Å². The molecule has 0 unspecified atom stereocenters. The summed E-state index contributed by atoms with van der Waals surface area (Å²) in [5.41, 5.74) is 0. The van der Waals surface area contributed by atoms with Crippen molar-refractivity contribution in [1.82, 2.24) is 4.90 Å². The zero-order valence-electron chi connectivity index (χ0n) is 9.00. The van der Waals surface area contributed by atoms with Crippen molar-refractivity contribution in [1.29, 1.82) is 0 Å². The Morgan fingerprint density at radius 3 is 3.00 bits per heavy atom. The maximum atomic E-state index is 10.4. The molecule has 1 saturated carbocycles. The molecule has 1 aromatic rings.